The highest BCUT2D eigenvalue weighted by atomic mass is 32.1. The summed E-state index contributed by atoms with van der Waals surface area (Å²) in [5.41, 5.74) is 2.79. The number of fused-ring (bicyclic) bond motifs is 1. The van der Waals surface area contributed by atoms with Gasteiger partial charge < -0.3 is 19.5 Å². The van der Waals surface area contributed by atoms with Crippen LogP contribution < -0.4 is 34.4 Å². The molecule has 1 aliphatic rings. The lowest BCUT2D eigenvalue weighted by Gasteiger charge is -2.25. The summed E-state index contributed by atoms with van der Waals surface area (Å²) < 4.78 is 18.6. The van der Waals surface area contributed by atoms with Crippen LogP contribution in [0.1, 0.15) is 31.0 Å². The monoisotopic (exact) mass is 555 g/mol. The molecule has 8 nitrogen and oxygen atoms in total. The summed E-state index contributed by atoms with van der Waals surface area (Å²) in [6.45, 7) is 4.25. The van der Waals surface area contributed by atoms with E-state index in [9.17, 15) is 9.59 Å². The van der Waals surface area contributed by atoms with E-state index in [1.165, 1.54) is 11.3 Å². The number of rotatable bonds is 8. The van der Waals surface area contributed by atoms with Crippen LogP contribution in [0.25, 0.3) is 6.08 Å². The quantitative estimate of drug-likeness (QED) is 0.350. The van der Waals surface area contributed by atoms with Crippen molar-refractivity contribution in [1.29, 1.82) is 0 Å². The van der Waals surface area contributed by atoms with E-state index in [2.05, 4.69) is 5.32 Å². The lowest BCUT2D eigenvalue weighted by Crippen LogP contribution is -2.40. The fourth-order valence-corrected chi connectivity index (χ4v) is 5.69. The summed E-state index contributed by atoms with van der Waals surface area (Å²) in [7, 11) is 3.16. The number of nitrogens with one attached hydrogen (secondary N) is 1. The zero-order valence-electron chi connectivity index (χ0n) is 22.6. The summed E-state index contributed by atoms with van der Waals surface area (Å²) in [4.78, 5) is 32.9. The number of carbonyl (C=O) groups is 1. The van der Waals surface area contributed by atoms with Crippen LogP contribution >= 0.6 is 11.3 Å². The molecule has 5 rings (SSSR count). The van der Waals surface area contributed by atoms with E-state index in [1.54, 1.807) is 43.9 Å². The van der Waals surface area contributed by atoms with Crippen molar-refractivity contribution in [3.8, 4) is 17.2 Å². The van der Waals surface area contributed by atoms with Gasteiger partial charge in [0.15, 0.2) is 4.80 Å². The van der Waals surface area contributed by atoms with Crippen molar-refractivity contribution < 1.29 is 19.0 Å². The molecule has 1 amide bonds. The molecular formula is C31H29N3O5S. The van der Waals surface area contributed by atoms with Crippen LogP contribution in [0.3, 0.4) is 0 Å². The lowest BCUT2D eigenvalue weighted by molar-refractivity contribution is -0.113. The molecule has 0 spiro atoms. The van der Waals surface area contributed by atoms with Gasteiger partial charge in [0.1, 0.15) is 17.2 Å². The fourth-order valence-electron chi connectivity index (χ4n) is 4.65. The molecule has 1 N–H and O–H groups in total. The molecule has 204 valence electrons. The van der Waals surface area contributed by atoms with Crippen molar-refractivity contribution in [1.82, 2.24) is 4.57 Å². The average Bonchev–Trinajstić information content (AvgIpc) is 3.27. The minimum Gasteiger partial charge on any atom is -0.497 e. The summed E-state index contributed by atoms with van der Waals surface area (Å²) in [6, 6.07) is 21.4. The number of aromatic nitrogens is 1. The van der Waals surface area contributed by atoms with Crippen molar-refractivity contribution in [2.45, 2.75) is 19.9 Å². The summed E-state index contributed by atoms with van der Waals surface area (Å²) in [5, 5.41) is 2.97. The Kier molecular flexibility index (Phi) is 7.84. The maximum absolute atomic E-state index is 14.0. The number of nitrogens with zero attached hydrogens (tertiary/aromatic N) is 2. The van der Waals surface area contributed by atoms with Crippen molar-refractivity contribution >= 4 is 29.0 Å². The number of para-hydroxylation sites is 1. The molecule has 9 heteroatoms. The van der Waals surface area contributed by atoms with Gasteiger partial charge in [-0.25, -0.2) is 4.99 Å². The second-order valence-electron chi connectivity index (χ2n) is 9.01. The predicted molar refractivity (Wildman–Crippen MR) is 156 cm³/mol. The minimum atomic E-state index is -0.690. The number of hydrogen-bond donors (Lipinski definition) is 1. The van der Waals surface area contributed by atoms with E-state index in [0.717, 1.165) is 5.56 Å². The second kappa shape index (κ2) is 11.6. The Balaban J connectivity index is 1.68. The Morgan fingerprint density at radius 2 is 1.75 bits per heavy atom. The van der Waals surface area contributed by atoms with Gasteiger partial charge in [0, 0.05) is 11.3 Å². The van der Waals surface area contributed by atoms with Crippen LogP contribution in [0, 0.1) is 0 Å². The topological polar surface area (TPSA) is 91.2 Å². The highest BCUT2D eigenvalue weighted by Gasteiger charge is 2.32. The van der Waals surface area contributed by atoms with Gasteiger partial charge in [-0.1, -0.05) is 41.7 Å². The largest absolute Gasteiger partial charge is 0.497 e. The molecule has 3 aromatic carbocycles. The average molecular weight is 556 g/mol. The molecule has 1 atom stereocenters. The van der Waals surface area contributed by atoms with Gasteiger partial charge >= 0.3 is 0 Å². The molecule has 40 heavy (non-hydrogen) atoms. The van der Waals surface area contributed by atoms with Crippen LogP contribution in [0.15, 0.2) is 93.9 Å². The molecule has 4 aromatic rings. The molecule has 0 saturated carbocycles. The van der Waals surface area contributed by atoms with Gasteiger partial charge in [-0.2, -0.15) is 0 Å². The Morgan fingerprint density at radius 1 is 1.02 bits per heavy atom. The highest BCUT2D eigenvalue weighted by Crippen LogP contribution is 2.32. The van der Waals surface area contributed by atoms with Crippen LogP contribution in [0.4, 0.5) is 5.69 Å². The van der Waals surface area contributed by atoms with E-state index in [1.807, 2.05) is 67.6 Å². The molecule has 0 radical (unpaired) electrons. The number of amides is 1. The van der Waals surface area contributed by atoms with Crippen LogP contribution in [-0.4, -0.2) is 31.3 Å². The van der Waals surface area contributed by atoms with Crippen LogP contribution in [0.5, 0.6) is 17.2 Å². The molecule has 0 saturated heterocycles. The number of benzene rings is 3. The summed E-state index contributed by atoms with van der Waals surface area (Å²) in [5.74, 6) is 1.63. The number of methoxy groups -OCH3 is 2. The molecule has 1 aliphatic heterocycles. The predicted octanol–water partition coefficient (Wildman–Crippen LogP) is 4.29. The van der Waals surface area contributed by atoms with Crippen molar-refractivity contribution in [3.63, 3.8) is 0 Å². The number of allylic oxidation sites excluding steroid dienone is 1. The summed E-state index contributed by atoms with van der Waals surface area (Å²) in [6.07, 6.45) is 1.77. The van der Waals surface area contributed by atoms with Crippen LogP contribution in [0.2, 0.25) is 0 Å². The van der Waals surface area contributed by atoms with Crippen molar-refractivity contribution in [2.75, 3.05) is 26.1 Å². The molecule has 0 aliphatic carbocycles. The molecule has 0 bridgehead atoms. The normalized spacial score (nSPS) is 14.8. The molecule has 0 fully saturated rings. The number of carbonyl (C=O) groups excluding carboxylic acids is 1. The van der Waals surface area contributed by atoms with E-state index in [4.69, 9.17) is 19.2 Å². The zero-order valence-corrected chi connectivity index (χ0v) is 23.5. The Morgan fingerprint density at radius 3 is 2.42 bits per heavy atom. The number of thiazole rings is 1. The van der Waals surface area contributed by atoms with Gasteiger partial charge in [0.2, 0.25) is 0 Å². The Labute approximate surface area is 235 Å². The smallest absolute Gasteiger partial charge is 0.271 e. The first kappa shape index (κ1) is 27.0. The van der Waals surface area contributed by atoms with Gasteiger partial charge in [0.05, 0.1) is 42.7 Å². The first-order chi connectivity index (χ1) is 19.4. The highest BCUT2D eigenvalue weighted by molar-refractivity contribution is 7.07. The third-order valence-corrected chi connectivity index (χ3v) is 7.51. The van der Waals surface area contributed by atoms with E-state index in [-0.39, 0.29) is 11.5 Å². The zero-order chi connectivity index (χ0) is 28.2. The van der Waals surface area contributed by atoms with Gasteiger partial charge in [0.25, 0.3) is 11.5 Å². The van der Waals surface area contributed by atoms with E-state index >= 15 is 0 Å². The molecule has 1 aromatic heterocycles. The fraction of sp³-hybridized carbons (Fsp3) is 0.194. The minimum absolute atomic E-state index is 0.259. The van der Waals surface area contributed by atoms with Crippen LogP contribution in [-0.2, 0) is 4.79 Å². The lowest BCUT2D eigenvalue weighted by atomic mass is 9.95. The Bertz CT molecular complexity index is 1760. The number of ether oxygens (including phenoxy) is 3. The summed E-state index contributed by atoms with van der Waals surface area (Å²) >= 11 is 1.26. The second-order valence-corrected chi connectivity index (χ2v) is 10.0. The standard InChI is InChI=1S/C31H29N3O5S/c1-5-39-23-13-11-20(12-14-23)28-27(29(35)33-22-9-7-6-8-10-22)19(2)32-31-34(28)30(36)26(40-31)18-21-17-24(37-3)15-16-25(21)38-4/h6-18,28H,5H2,1-4H3,(H,33,35)/b26-18-/t28-/m1/s1. The maximum atomic E-state index is 14.0. The van der Waals surface area contributed by atoms with Gasteiger partial charge in [-0.05, 0) is 68.0 Å². The first-order valence-corrected chi connectivity index (χ1v) is 13.6. The third kappa shape index (κ3) is 5.28. The SMILES string of the molecule is CCOc1ccc([C@@H]2C(C(=O)Nc3ccccc3)=C(C)N=c3s/c(=C\c4cc(OC)ccc4OC)c(=O)n32)cc1. The maximum Gasteiger partial charge on any atom is 0.271 e. The van der Waals surface area contributed by atoms with E-state index in [0.29, 0.717) is 55.7 Å². The Hall–Kier alpha value is -4.63. The number of anilines is 1. The van der Waals surface area contributed by atoms with Crippen molar-refractivity contribution in [3.05, 3.63) is 115 Å². The third-order valence-electron chi connectivity index (χ3n) is 6.53. The number of hydrogen-bond acceptors (Lipinski definition) is 7. The van der Waals surface area contributed by atoms with Gasteiger partial charge in [-0.3, -0.25) is 14.2 Å². The van der Waals surface area contributed by atoms with Crippen molar-refractivity contribution in [2.24, 2.45) is 4.99 Å². The molecule has 0 unspecified atom stereocenters. The molecule has 2 heterocycles. The first-order valence-electron chi connectivity index (χ1n) is 12.8. The van der Waals surface area contributed by atoms with E-state index < -0.39 is 6.04 Å². The molecular weight excluding hydrogens is 526 g/mol. The van der Waals surface area contributed by atoms with Gasteiger partial charge in [-0.15, -0.1) is 0 Å².